The van der Waals surface area contributed by atoms with E-state index in [-0.39, 0.29) is 75.9 Å². The largest absolute Gasteiger partial charge is 1.00 e. The molecule has 310 valence electrons. The topological polar surface area (TPSA) is 229 Å². The number of hydrogen-bond donors (Lipinski definition) is 5. The first-order valence-corrected chi connectivity index (χ1v) is 19.5. The third-order valence-electron chi connectivity index (χ3n) is 10.3. The van der Waals surface area contributed by atoms with Gasteiger partial charge in [0, 0.05) is 64.5 Å². The summed E-state index contributed by atoms with van der Waals surface area (Å²) in [5.41, 5.74) is -0.0566. The predicted molar refractivity (Wildman–Crippen MR) is 227 cm³/mol. The normalized spacial score (nSPS) is 14.5. The van der Waals surface area contributed by atoms with Crippen LogP contribution in [0.25, 0.3) is 21.5 Å². The number of rotatable bonds is 8. The van der Waals surface area contributed by atoms with Gasteiger partial charge in [-0.1, -0.05) is 99.2 Å². The fourth-order valence-corrected chi connectivity index (χ4v) is 7.19. The Balaban J connectivity index is 0.000000206. The number of benzene rings is 6. The molecule has 60 heavy (non-hydrogen) atoms. The first kappa shape index (κ1) is 44.6. The van der Waals surface area contributed by atoms with Crippen molar-refractivity contribution in [3.63, 3.8) is 0 Å². The molecule has 15 nitrogen and oxygen atoms in total. The molecule has 2 aliphatic rings. The Hall–Kier alpha value is -6.47. The van der Waals surface area contributed by atoms with Crippen LogP contribution in [-0.2, 0) is 17.4 Å². The van der Waals surface area contributed by atoms with Crippen molar-refractivity contribution in [1.82, 2.24) is 5.32 Å². The summed E-state index contributed by atoms with van der Waals surface area (Å²) in [5.74, 6) is -0.618. The molecular weight excluding hydrogens is 807 g/mol. The molecule has 6 aromatic carbocycles. The quantitative estimate of drug-likeness (QED) is 0.0556. The van der Waals surface area contributed by atoms with Gasteiger partial charge < -0.3 is 25.7 Å². The van der Waals surface area contributed by atoms with E-state index in [0.29, 0.717) is 10.8 Å². The smallest absolute Gasteiger partial charge is 0.506 e. The monoisotopic (exact) mass is 852 g/mol. The van der Waals surface area contributed by atoms with Gasteiger partial charge in [-0.3, -0.25) is 20.2 Å². The van der Waals surface area contributed by atoms with E-state index in [0.717, 1.165) is 35.0 Å². The summed E-state index contributed by atoms with van der Waals surface area (Å²) in [6, 6.07) is 29.7. The van der Waals surface area contributed by atoms with Gasteiger partial charge in [0.25, 0.3) is 11.4 Å². The minimum Gasteiger partial charge on any atom is -0.506 e. The van der Waals surface area contributed by atoms with Gasteiger partial charge in [0.1, 0.15) is 45.7 Å². The molecule has 0 bridgehead atoms. The average Bonchev–Trinajstić information content (AvgIpc) is 3.25. The molecule has 5 N–H and O–H groups in total. The molecule has 0 unspecified atom stereocenters. The molecule has 0 aromatic heterocycles. The van der Waals surface area contributed by atoms with Gasteiger partial charge in [-0.25, -0.2) is 0 Å². The summed E-state index contributed by atoms with van der Waals surface area (Å²) in [7, 11) is 0. The number of azo groups is 2. The second-order valence-corrected chi connectivity index (χ2v) is 14.4. The van der Waals surface area contributed by atoms with Crippen molar-refractivity contribution in [3.8, 4) is 23.0 Å². The number of nitro benzene ring substituents is 2. The summed E-state index contributed by atoms with van der Waals surface area (Å²) in [4.78, 5) is 20.4. The zero-order chi connectivity index (χ0) is 41.7. The number of aromatic hydroxyl groups is 4. The van der Waals surface area contributed by atoms with Crippen LogP contribution >= 0.6 is 0 Å². The zero-order valence-electron chi connectivity index (χ0n) is 33.6. The van der Waals surface area contributed by atoms with Gasteiger partial charge in [-0.05, 0) is 60.7 Å². The molecular formula is C44H46CrN7O8+. The van der Waals surface area contributed by atoms with Crippen molar-refractivity contribution in [3.05, 3.63) is 129 Å². The Morgan fingerprint density at radius 1 is 0.500 bits per heavy atom. The summed E-state index contributed by atoms with van der Waals surface area (Å²) >= 11 is 0. The van der Waals surface area contributed by atoms with Crippen LogP contribution in [0.5, 0.6) is 23.0 Å². The minimum atomic E-state index is -0.589. The van der Waals surface area contributed by atoms with Crippen molar-refractivity contribution in [2.75, 3.05) is 0 Å². The van der Waals surface area contributed by atoms with Gasteiger partial charge in [0.2, 0.25) is 0 Å². The molecule has 6 aromatic rings. The van der Waals surface area contributed by atoms with Gasteiger partial charge in [-0.15, -0.1) is 20.5 Å². The maximum absolute atomic E-state index is 10.8. The molecule has 2 fully saturated rings. The summed E-state index contributed by atoms with van der Waals surface area (Å²) in [6.45, 7) is 0. The predicted octanol–water partition coefficient (Wildman–Crippen LogP) is 12.5. The van der Waals surface area contributed by atoms with Gasteiger partial charge in [-0.2, -0.15) is 0 Å². The van der Waals surface area contributed by atoms with Crippen molar-refractivity contribution in [2.45, 2.75) is 76.3 Å². The van der Waals surface area contributed by atoms with Crippen LogP contribution in [0.1, 0.15) is 65.6 Å². The van der Waals surface area contributed by atoms with Crippen LogP contribution in [0.2, 0.25) is 0 Å². The van der Waals surface area contributed by atoms with Crippen LogP contribution in [0.15, 0.2) is 130 Å². The number of phenols is 4. The van der Waals surface area contributed by atoms with Crippen LogP contribution < -0.4 is 5.32 Å². The third kappa shape index (κ3) is 11.8. The number of nitrogens with zero attached hydrogens (tertiary/aromatic N) is 6. The third-order valence-corrected chi connectivity index (χ3v) is 10.3. The van der Waals surface area contributed by atoms with Gasteiger partial charge in [0.15, 0.2) is 0 Å². The molecule has 0 amide bonds. The first-order valence-electron chi connectivity index (χ1n) is 19.5. The van der Waals surface area contributed by atoms with Crippen molar-refractivity contribution in [1.29, 1.82) is 0 Å². The zero-order valence-corrected chi connectivity index (χ0v) is 33.9. The molecule has 0 radical (unpaired) electrons. The molecule has 8 rings (SSSR count). The van der Waals surface area contributed by atoms with Crippen LogP contribution in [-0.4, -0.2) is 42.4 Å². The van der Waals surface area contributed by atoms with E-state index in [2.05, 4.69) is 25.8 Å². The SMILES string of the molecule is C1CCC(NC2CCCCC2)CC1.O=[N+]([O-])c1ccc(O)c(N=Nc2c(O)ccc3ccccc23)c1.O=[N+]([O-])c1ccc(O)c(N=Nc2c(O)ccc3ccccc23)c1.[Cr].[H+]. The Morgan fingerprint density at radius 3 is 1.25 bits per heavy atom. The maximum Gasteiger partial charge on any atom is 1.00 e. The number of non-ortho nitro benzene ring substituents is 2. The van der Waals surface area contributed by atoms with E-state index < -0.39 is 9.85 Å². The maximum atomic E-state index is 10.8. The Labute approximate surface area is 358 Å². The van der Waals surface area contributed by atoms with Gasteiger partial charge >= 0.3 is 1.43 Å². The molecule has 2 saturated carbocycles. The van der Waals surface area contributed by atoms with Crippen molar-refractivity contribution >= 4 is 55.7 Å². The standard InChI is InChI=1S/2C16H11N3O4.C12H23N.Cr/c2*20-14-8-6-11(19(22)23)9-13(14)17-18-16-12-4-2-1-3-10(12)5-7-15(16)21;1-3-7-11(8-4-1)13-12-9-5-2-6-10-12;/h2*1-9,20-21H;11-13H,1-10H2;/p+1. The number of phenolic OH excluding ortho intramolecular Hbond substituents is 4. The Kier molecular flexibility index (Phi) is 16.0. The van der Waals surface area contributed by atoms with E-state index in [1.54, 1.807) is 36.4 Å². The number of nitro groups is 2. The van der Waals surface area contributed by atoms with Crippen molar-refractivity contribution in [2.24, 2.45) is 20.5 Å². The fraction of sp³-hybridized carbons (Fsp3) is 0.273. The molecule has 0 saturated heterocycles. The molecule has 2 aliphatic carbocycles. The first-order chi connectivity index (χ1) is 28.6. The van der Waals surface area contributed by atoms with E-state index in [4.69, 9.17) is 0 Å². The summed E-state index contributed by atoms with van der Waals surface area (Å²) < 4.78 is 0. The van der Waals surface area contributed by atoms with Crippen LogP contribution in [0.3, 0.4) is 0 Å². The Morgan fingerprint density at radius 2 is 0.867 bits per heavy atom. The number of fused-ring (bicyclic) bond motifs is 2. The van der Waals surface area contributed by atoms with E-state index in [1.165, 1.54) is 101 Å². The number of nitrogens with one attached hydrogen (secondary N) is 1. The summed E-state index contributed by atoms with van der Waals surface area (Å²) in [6.07, 6.45) is 14.6. The van der Waals surface area contributed by atoms with Crippen LogP contribution in [0, 0.1) is 20.2 Å². The molecule has 0 heterocycles. The fourth-order valence-electron chi connectivity index (χ4n) is 7.19. The van der Waals surface area contributed by atoms with Crippen LogP contribution in [0.4, 0.5) is 34.1 Å². The molecule has 16 heteroatoms. The molecule has 0 spiro atoms. The summed E-state index contributed by atoms with van der Waals surface area (Å²) in [5, 5.41) is 83.5. The number of hydrogen-bond acceptors (Lipinski definition) is 13. The second-order valence-electron chi connectivity index (χ2n) is 14.4. The second kappa shape index (κ2) is 21.5. The van der Waals surface area contributed by atoms with Gasteiger partial charge in [0.05, 0.1) is 9.85 Å². The Bertz CT molecular complexity index is 2320. The van der Waals surface area contributed by atoms with E-state index >= 15 is 0 Å². The minimum absolute atomic E-state index is 0. The molecule has 0 atom stereocenters. The molecule has 0 aliphatic heterocycles. The van der Waals surface area contributed by atoms with E-state index in [9.17, 15) is 40.7 Å². The average molecular weight is 853 g/mol. The van der Waals surface area contributed by atoms with E-state index in [1.807, 2.05) is 24.3 Å². The van der Waals surface area contributed by atoms with Crippen molar-refractivity contribution < 1.29 is 49.1 Å².